The van der Waals surface area contributed by atoms with Crippen molar-refractivity contribution in [2.24, 2.45) is 5.92 Å². The smallest absolute Gasteiger partial charge is 0.0593 e. The zero-order chi connectivity index (χ0) is 13.8. The van der Waals surface area contributed by atoms with Crippen LogP contribution < -0.4 is 5.32 Å². The monoisotopic (exact) mass is 258 g/mol. The summed E-state index contributed by atoms with van der Waals surface area (Å²) in [6.45, 7) is 17.3. The van der Waals surface area contributed by atoms with Gasteiger partial charge >= 0.3 is 0 Å². The summed E-state index contributed by atoms with van der Waals surface area (Å²) in [4.78, 5) is 2.51. The van der Waals surface area contributed by atoms with Crippen molar-refractivity contribution < 1.29 is 4.74 Å². The van der Waals surface area contributed by atoms with Gasteiger partial charge in [0.15, 0.2) is 0 Å². The van der Waals surface area contributed by atoms with Gasteiger partial charge in [-0.25, -0.2) is 0 Å². The number of ether oxygens (including phenoxy) is 1. The maximum atomic E-state index is 5.43. The van der Waals surface area contributed by atoms with Gasteiger partial charge in [0, 0.05) is 19.2 Å². The summed E-state index contributed by atoms with van der Waals surface area (Å²) in [6, 6.07) is 0.663. The molecule has 0 aliphatic carbocycles. The first-order chi connectivity index (χ1) is 8.61. The average molecular weight is 258 g/mol. The Bertz CT molecular complexity index is 174. The normalized spacial score (nSPS) is 13.5. The van der Waals surface area contributed by atoms with Gasteiger partial charge in [-0.15, -0.1) is 0 Å². The largest absolute Gasteiger partial charge is 0.380 e. The molecule has 1 N–H and O–H groups in total. The molecule has 0 aromatic rings. The van der Waals surface area contributed by atoms with Crippen LogP contribution in [0.5, 0.6) is 0 Å². The second-order valence-electron chi connectivity index (χ2n) is 5.41. The number of nitrogens with one attached hydrogen (secondary N) is 1. The lowest BCUT2D eigenvalue weighted by Crippen LogP contribution is -2.36. The molecule has 3 nitrogen and oxygen atoms in total. The van der Waals surface area contributed by atoms with Crippen LogP contribution in [-0.2, 0) is 4.74 Å². The second-order valence-corrected chi connectivity index (χ2v) is 5.41. The van der Waals surface area contributed by atoms with Gasteiger partial charge in [0.25, 0.3) is 0 Å². The molecule has 18 heavy (non-hydrogen) atoms. The van der Waals surface area contributed by atoms with Crippen molar-refractivity contribution >= 4 is 0 Å². The summed E-state index contributed by atoms with van der Waals surface area (Å²) in [5.41, 5.74) is 0. The Morgan fingerprint density at radius 3 is 2.44 bits per heavy atom. The lowest BCUT2D eigenvalue weighted by Gasteiger charge is -2.27. The highest BCUT2D eigenvalue weighted by Crippen LogP contribution is 2.05. The number of hydrogen-bond acceptors (Lipinski definition) is 3. The third-order valence-corrected chi connectivity index (χ3v) is 3.28. The summed E-state index contributed by atoms with van der Waals surface area (Å²) in [7, 11) is 0. The van der Waals surface area contributed by atoms with Crippen LogP contribution in [0.1, 0.15) is 47.5 Å². The van der Waals surface area contributed by atoms with E-state index in [0.717, 1.165) is 45.3 Å². The first-order valence-electron chi connectivity index (χ1n) is 7.64. The predicted molar refractivity (Wildman–Crippen MR) is 80.1 cm³/mol. The van der Waals surface area contributed by atoms with E-state index in [0.29, 0.717) is 6.04 Å². The molecule has 0 fully saturated rings. The van der Waals surface area contributed by atoms with Crippen LogP contribution in [0.15, 0.2) is 0 Å². The fourth-order valence-electron chi connectivity index (χ4n) is 2.11. The molecule has 1 atom stereocenters. The number of rotatable bonds is 12. The van der Waals surface area contributed by atoms with E-state index in [1.165, 1.54) is 12.8 Å². The zero-order valence-corrected chi connectivity index (χ0v) is 13.2. The van der Waals surface area contributed by atoms with Crippen molar-refractivity contribution in [1.29, 1.82) is 0 Å². The van der Waals surface area contributed by atoms with Crippen molar-refractivity contribution in [3.8, 4) is 0 Å². The van der Waals surface area contributed by atoms with Gasteiger partial charge < -0.3 is 10.1 Å². The maximum Gasteiger partial charge on any atom is 0.0593 e. The Hall–Kier alpha value is -0.120. The molecule has 0 radical (unpaired) electrons. The van der Waals surface area contributed by atoms with E-state index in [1.54, 1.807) is 0 Å². The third-order valence-electron chi connectivity index (χ3n) is 3.28. The van der Waals surface area contributed by atoms with Crippen molar-refractivity contribution in [3.63, 3.8) is 0 Å². The minimum absolute atomic E-state index is 0.663. The fraction of sp³-hybridized carbons (Fsp3) is 1.00. The number of nitrogens with zero attached hydrogens (tertiary/aromatic N) is 1. The van der Waals surface area contributed by atoms with Crippen LogP contribution in [0.3, 0.4) is 0 Å². The van der Waals surface area contributed by atoms with Crippen molar-refractivity contribution in [1.82, 2.24) is 10.2 Å². The molecule has 0 aromatic carbocycles. The average Bonchev–Trinajstić information content (AvgIpc) is 2.33. The van der Waals surface area contributed by atoms with Crippen LogP contribution >= 0.6 is 0 Å². The third kappa shape index (κ3) is 9.86. The van der Waals surface area contributed by atoms with Crippen LogP contribution in [-0.4, -0.2) is 50.3 Å². The summed E-state index contributed by atoms with van der Waals surface area (Å²) in [6.07, 6.45) is 2.53. The molecule has 0 amide bonds. The van der Waals surface area contributed by atoms with Gasteiger partial charge in [-0.05, 0) is 52.2 Å². The van der Waals surface area contributed by atoms with Gasteiger partial charge in [0.2, 0.25) is 0 Å². The minimum atomic E-state index is 0.663. The molecule has 0 aromatic heterocycles. The molecule has 0 saturated carbocycles. The highest BCUT2D eigenvalue weighted by atomic mass is 16.5. The van der Waals surface area contributed by atoms with E-state index < -0.39 is 0 Å². The van der Waals surface area contributed by atoms with Crippen LogP contribution in [0, 0.1) is 5.92 Å². The molecule has 110 valence electrons. The Labute approximate surface area is 114 Å². The van der Waals surface area contributed by atoms with E-state index in [9.17, 15) is 0 Å². The zero-order valence-electron chi connectivity index (χ0n) is 13.2. The summed E-state index contributed by atoms with van der Waals surface area (Å²) in [5.74, 6) is 0.751. The summed E-state index contributed by atoms with van der Waals surface area (Å²) in [5, 5.41) is 3.51. The molecule has 3 heteroatoms. The highest BCUT2D eigenvalue weighted by Gasteiger charge is 2.10. The van der Waals surface area contributed by atoms with Gasteiger partial charge in [-0.1, -0.05) is 20.8 Å². The highest BCUT2D eigenvalue weighted by molar-refractivity contribution is 4.66. The Balaban J connectivity index is 3.59. The van der Waals surface area contributed by atoms with Crippen LogP contribution in [0.4, 0.5) is 0 Å². The lowest BCUT2D eigenvalue weighted by molar-refractivity contribution is 0.0977. The molecular formula is C15H34N2O. The molecule has 0 aliphatic heterocycles. The lowest BCUT2D eigenvalue weighted by atomic mass is 10.1. The van der Waals surface area contributed by atoms with Gasteiger partial charge in [0.05, 0.1) is 6.61 Å². The molecule has 0 saturated heterocycles. The van der Waals surface area contributed by atoms with E-state index in [-0.39, 0.29) is 0 Å². The van der Waals surface area contributed by atoms with Crippen molar-refractivity contribution in [2.75, 3.05) is 39.4 Å². The molecule has 0 rings (SSSR count). The van der Waals surface area contributed by atoms with Gasteiger partial charge in [0.1, 0.15) is 0 Å². The van der Waals surface area contributed by atoms with E-state index >= 15 is 0 Å². The Kier molecular flexibility index (Phi) is 11.9. The molecular weight excluding hydrogens is 224 g/mol. The second kappa shape index (κ2) is 11.9. The topological polar surface area (TPSA) is 24.5 Å². The SMILES string of the molecule is CCOCCN(CC)C(C)CCCNCC(C)C. The Morgan fingerprint density at radius 2 is 1.89 bits per heavy atom. The molecule has 0 heterocycles. The summed E-state index contributed by atoms with van der Waals surface area (Å²) < 4.78 is 5.43. The Morgan fingerprint density at radius 1 is 1.17 bits per heavy atom. The molecule has 1 unspecified atom stereocenters. The van der Waals surface area contributed by atoms with E-state index in [1.807, 2.05) is 0 Å². The molecule has 0 spiro atoms. The van der Waals surface area contributed by atoms with Gasteiger partial charge in [-0.3, -0.25) is 4.90 Å². The quantitative estimate of drug-likeness (QED) is 0.545. The van der Waals surface area contributed by atoms with Crippen molar-refractivity contribution in [3.05, 3.63) is 0 Å². The first-order valence-corrected chi connectivity index (χ1v) is 7.64. The van der Waals surface area contributed by atoms with Gasteiger partial charge in [-0.2, -0.15) is 0 Å². The van der Waals surface area contributed by atoms with E-state index in [4.69, 9.17) is 4.74 Å². The number of likely N-dealkylation sites (N-methyl/N-ethyl adjacent to an activating group) is 1. The van der Waals surface area contributed by atoms with Crippen LogP contribution in [0.25, 0.3) is 0 Å². The van der Waals surface area contributed by atoms with Crippen molar-refractivity contribution in [2.45, 2.75) is 53.5 Å². The summed E-state index contributed by atoms with van der Waals surface area (Å²) >= 11 is 0. The minimum Gasteiger partial charge on any atom is -0.380 e. The number of hydrogen-bond donors (Lipinski definition) is 1. The first kappa shape index (κ1) is 17.9. The maximum absolute atomic E-state index is 5.43. The predicted octanol–water partition coefficient (Wildman–Crippen LogP) is 2.76. The van der Waals surface area contributed by atoms with E-state index in [2.05, 4.69) is 44.8 Å². The molecule has 0 bridgehead atoms. The molecule has 0 aliphatic rings. The van der Waals surface area contributed by atoms with Crippen LogP contribution in [0.2, 0.25) is 0 Å². The fourth-order valence-corrected chi connectivity index (χ4v) is 2.11. The standard InChI is InChI=1S/C15H34N2O/c1-6-17(11-12-18-7-2)15(5)9-8-10-16-13-14(3)4/h14-16H,6-13H2,1-5H3.